The van der Waals surface area contributed by atoms with E-state index in [-0.39, 0.29) is 11.9 Å². The Balaban J connectivity index is 1.86. The standard InChI is InChI=1S/C18H23NO3/c1-11-6-4-5-7-15(11)19-18(20)17-12(2)14-10-13(21-3)8-9-16(14)22-17/h8-11,15H,4-7H2,1-3H3,(H,19,20)/t11-,15+/m1/s1. The van der Waals surface area contributed by atoms with E-state index in [1.54, 1.807) is 7.11 Å². The summed E-state index contributed by atoms with van der Waals surface area (Å²) in [5.74, 6) is 1.61. The Morgan fingerprint density at radius 3 is 2.82 bits per heavy atom. The minimum absolute atomic E-state index is 0.105. The van der Waals surface area contributed by atoms with Gasteiger partial charge in [-0.2, -0.15) is 0 Å². The van der Waals surface area contributed by atoms with Crippen LogP contribution in [0.25, 0.3) is 11.0 Å². The Hall–Kier alpha value is -1.97. The van der Waals surface area contributed by atoms with Crippen molar-refractivity contribution < 1.29 is 13.9 Å². The van der Waals surface area contributed by atoms with E-state index >= 15 is 0 Å². The predicted octanol–water partition coefficient (Wildman–Crippen LogP) is 4.06. The average Bonchev–Trinajstić information content (AvgIpc) is 2.86. The van der Waals surface area contributed by atoms with Gasteiger partial charge in [-0.25, -0.2) is 0 Å². The maximum Gasteiger partial charge on any atom is 0.287 e. The van der Waals surface area contributed by atoms with Gasteiger partial charge in [0.1, 0.15) is 11.3 Å². The SMILES string of the molecule is COc1ccc2oc(C(=O)N[C@H]3CCCC[C@H]3C)c(C)c2c1. The van der Waals surface area contributed by atoms with Gasteiger partial charge in [0, 0.05) is 17.0 Å². The third-order valence-corrected chi connectivity index (χ3v) is 4.78. The summed E-state index contributed by atoms with van der Waals surface area (Å²) < 4.78 is 11.0. The minimum Gasteiger partial charge on any atom is -0.497 e. The number of ether oxygens (including phenoxy) is 1. The molecule has 1 aromatic carbocycles. The number of aryl methyl sites for hydroxylation is 1. The number of carbonyl (C=O) groups is 1. The van der Waals surface area contributed by atoms with Crippen molar-refractivity contribution in [3.8, 4) is 5.75 Å². The van der Waals surface area contributed by atoms with Gasteiger partial charge in [0.2, 0.25) is 0 Å². The van der Waals surface area contributed by atoms with Crippen molar-refractivity contribution in [2.75, 3.05) is 7.11 Å². The maximum atomic E-state index is 12.6. The van der Waals surface area contributed by atoms with Crippen molar-refractivity contribution in [2.45, 2.75) is 45.6 Å². The number of rotatable bonds is 3. The normalized spacial score (nSPS) is 21.8. The lowest BCUT2D eigenvalue weighted by Gasteiger charge is -2.29. The van der Waals surface area contributed by atoms with E-state index in [9.17, 15) is 4.79 Å². The summed E-state index contributed by atoms with van der Waals surface area (Å²) in [6.07, 6.45) is 4.68. The summed E-state index contributed by atoms with van der Waals surface area (Å²) in [4.78, 5) is 12.6. The van der Waals surface area contributed by atoms with Crippen LogP contribution < -0.4 is 10.1 Å². The summed E-state index contributed by atoms with van der Waals surface area (Å²) in [5, 5.41) is 4.08. The third-order valence-electron chi connectivity index (χ3n) is 4.78. The molecule has 1 amide bonds. The van der Waals surface area contributed by atoms with Crippen LogP contribution in [0, 0.1) is 12.8 Å². The van der Waals surface area contributed by atoms with E-state index in [1.807, 2.05) is 25.1 Å². The molecule has 0 radical (unpaired) electrons. The van der Waals surface area contributed by atoms with Crippen molar-refractivity contribution in [1.29, 1.82) is 0 Å². The first-order valence-electron chi connectivity index (χ1n) is 7.98. The molecule has 1 N–H and O–H groups in total. The Bertz CT molecular complexity index is 689. The fourth-order valence-electron chi connectivity index (χ4n) is 3.31. The predicted molar refractivity (Wildman–Crippen MR) is 86.4 cm³/mol. The van der Waals surface area contributed by atoms with Gasteiger partial charge in [-0.3, -0.25) is 4.79 Å². The summed E-state index contributed by atoms with van der Waals surface area (Å²) in [5.41, 5.74) is 1.59. The maximum absolute atomic E-state index is 12.6. The van der Waals surface area contributed by atoms with E-state index in [0.29, 0.717) is 11.7 Å². The molecular formula is C18H23NO3. The summed E-state index contributed by atoms with van der Waals surface area (Å²) in [6, 6.07) is 5.86. The number of methoxy groups -OCH3 is 1. The molecule has 0 aliphatic heterocycles. The molecule has 1 aliphatic carbocycles. The molecule has 0 unspecified atom stereocenters. The molecule has 4 nitrogen and oxygen atoms in total. The molecule has 1 aromatic heterocycles. The highest BCUT2D eigenvalue weighted by Gasteiger charge is 2.26. The molecule has 3 rings (SSSR count). The molecule has 118 valence electrons. The zero-order valence-electron chi connectivity index (χ0n) is 13.4. The lowest BCUT2D eigenvalue weighted by Crippen LogP contribution is -2.41. The summed E-state index contributed by atoms with van der Waals surface area (Å²) in [7, 11) is 1.63. The van der Waals surface area contributed by atoms with Crippen LogP contribution in [0.3, 0.4) is 0 Å². The van der Waals surface area contributed by atoms with Crippen LogP contribution in [0.2, 0.25) is 0 Å². The topological polar surface area (TPSA) is 51.5 Å². The smallest absolute Gasteiger partial charge is 0.287 e. The Morgan fingerprint density at radius 1 is 1.32 bits per heavy atom. The molecule has 1 aliphatic rings. The molecule has 4 heteroatoms. The van der Waals surface area contributed by atoms with Crippen LogP contribution in [-0.2, 0) is 0 Å². The van der Waals surface area contributed by atoms with E-state index in [4.69, 9.17) is 9.15 Å². The van der Waals surface area contributed by atoms with Gasteiger partial charge < -0.3 is 14.5 Å². The van der Waals surface area contributed by atoms with Crippen molar-refractivity contribution in [3.05, 3.63) is 29.5 Å². The molecule has 1 fully saturated rings. The van der Waals surface area contributed by atoms with Crippen molar-refractivity contribution in [1.82, 2.24) is 5.32 Å². The quantitative estimate of drug-likeness (QED) is 0.930. The second kappa shape index (κ2) is 6.03. The number of carbonyl (C=O) groups excluding carboxylic acids is 1. The summed E-state index contributed by atoms with van der Waals surface area (Å²) >= 11 is 0. The van der Waals surface area contributed by atoms with E-state index in [0.717, 1.165) is 28.7 Å². The fraction of sp³-hybridized carbons (Fsp3) is 0.500. The molecule has 22 heavy (non-hydrogen) atoms. The van der Waals surface area contributed by atoms with Gasteiger partial charge in [0.05, 0.1) is 7.11 Å². The zero-order valence-corrected chi connectivity index (χ0v) is 13.4. The van der Waals surface area contributed by atoms with Crippen molar-refractivity contribution >= 4 is 16.9 Å². The van der Waals surface area contributed by atoms with Gasteiger partial charge >= 0.3 is 0 Å². The number of benzene rings is 1. The number of amides is 1. The highest BCUT2D eigenvalue weighted by atomic mass is 16.5. The van der Waals surface area contributed by atoms with Gasteiger partial charge in [0.15, 0.2) is 5.76 Å². The first kappa shape index (κ1) is 14.9. The highest BCUT2D eigenvalue weighted by Crippen LogP contribution is 2.29. The molecular weight excluding hydrogens is 278 g/mol. The molecule has 1 saturated carbocycles. The Morgan fingerprint density at radius 2 is 2.09 bits per heavy atom. The van der Waals surface area contributed by atoms with Crippen molar-refractivity contribution in [3.63, 3.8) is 0 Å². The highest BCUT2D eigenvalue weighted by molar-refractivity contribution is 5.99. The first-order valence-corrected chi connectivity index (χ1v) is 7.98. The number of hydrogen-bond donors (Lipinski definition) is 1. The lowest BCUT2D eigenvalue weighted by molar-refractivity contribution is 0.0883. The fourth-order valence-corrected chi connectivity index (χ4v) is 3.31. The van der Waals surface area contributed by atoms with Crippen LogP contribution in [0.5, 0.6) is 5.75 Å². The Kier molecular flexibility index (Phi) is 4.10. The molecule has 2 aromatic rings. The van der Waals surface area contributed by atoms with Crippen LogP contribution >= 0.6 is 0 Å². The van der Waals surface area contributed by atoms with Crippen LogP contribution in [0.1, 0.15) is 48.7 Å². The van der Waals surface area contributed by atoms with E-state index < -0.39 is 0 Å². The van der Waals surface area contributed by atoms with Gasteiger partial charge in [-0.05, 0) is 43.9 Å². The van der Waals surface area contributed by atoms with Gasteiger partial charge in [0.25, 0.3) is 5.91 Å². The molecule has 0 spiro atoms. The average molecular weight is 301 g/mol. The second-order valence-corrected chi connectivity index (χ2v) is 6.26. The van der Waals surface area contributed by atoms with Gasteiger partial charge in [-0.15, -0.1) is 0 Å². The van der Waals surface area contributed by atoms with E-state index in [1.165, 1.54) is 19.3 Å². The van der Waals surface area contributed by atoms with Crippen molar-refractivity contribution in [2.24, 2.45) is 5.92 Å². The Labute approximate surface area is 130 Å². The zero-order chi connectivity index (χ0) is 15.7. The number of furan rings is 1. The molecule has 0 saturated heterocycles. The van der Waals surface area contributed by atoms with Crippen LogP contribution in [0.4, 0.5) is 0 Å². The third kappa shape index (κ3) is 2.70. The largest absolute Gasteiger partial charge is 0.497 e. The monoisotopic (exact) mass is 301 g/mol. The van der Waals surface area contributed by atoms with Gasteiger partial charge in [-0.1, -0.05) is 19.8 Å². The number of nitrogens with one attached hydrogen (secondary N) is 1. The molecule has 2 atom stereocenters. The number of hydrogen-bond acceptors (Lipinski definition) is 3. The molecule has 1 heterocycles. The van der Waals surface area contributed by atoms with E-state index in [2.05, 4.69) is 12.2 Å². The number of fused-ring (bicyclic) bond motifs is 1. The summed E-state index contributed by atoms with van der Waals surface area (Å²) in [6.45, 7) is 4.13. The second-order valence-electron chi connectivity index (χ2n) is 6.26. The van der Waals surface area contributed by atoms with Crippen LogP contribution in [-0.4, -0.2) is 19.1 Å². The van der Waals surface area contributed by atoms with Crippen LogP contribution in [0.15, 0.2) is 22.6 Å². The lowest BCUT2D eigenvalue weighted by atomic mass is 9.86. The first-order chi connectivity index (χ1) is 10.6. The minimum atomic E-state index is -0.105. The molecule has 0 bridgehead atoms.